The molecule has 1 fully saturated rings. The summed E-state index contributed by atoms with van der Waals surface area (Å²) in [7, 11) is -4.00. The van der Waals surface area contributed by atoms with Gasteiger partial charge in [0.2, 0.25) is 5.91 Å². The molecule has 0 spiro atoms. The number of piperidine rings is 1. The molecule has 0 atom stereocenters. The van der Waals surface area contributed by atoms with Gasteiger partial charge in [0.15, 0.2) is 0 Å². The lowest BCUT2D eigenvalue weighted by atomic mass is 10.1. The SMILES string of the molecule is CCOC(=O)C1=CN(CC(=O)N2CCCCC2)S(=O)(=O)N=C1C. The third kappa shape index (κ3) is 4.10. The molecule has 0 bridgehead atoms. The van der Waals surface area contributed by atoms with Gasteiger partial charge in [0.1, 0.15) is 6.54 Å². The minimum Gasteiger partial charge on any atom is -0.462 e. The number of hydrogen-bond donors (Lipinski definition) is 0. The number of nitrogens with zero attached hydrogens (tertiary/aromatic N) is 3. The minimum absolute atomic E-state index is 0.0492. The molecule has 0 aromatic heterocycles. The number of ether oxygens (including phenoxy) is 1. The topological polar surface area (TPSA) is 96.4 Å². The van der Waals surface area contributed by atoms with Crippen molar-refractivity contribution >= 4 is 27.8 Å². The summed E-state index contributed by atoms with van der Waals surface area (Å²) in [6.45, 7) is 4.14. The summed E-state index contributed by atoms with van der Waals surface area (Å²) in [6.07, 6.45) is 4.04. The molecule has 2 rings (SSSR count). The van der Waals surface area contributed by atoms with Crippen LogP contribution >= 0.6 is 0 Å². The molecule has 1 saturated heterocycles. The Labute approximate surface area is 136 Å². The molecular weight excluding hydrogens is 322 g/mol. The molecule has 0 aliphatic carbocycles. The molecule has 0 saturated carbocycles. The zero-order chi connectivity index (χ0) is 17.0. The van der Waals surface area contributed by atoms with Crippen LogP contribution in [0.25, 0.3) is 0 Å². The van der Waals surface area contributed by atoms with Crippen molar-refractivity contribution in [3.63, 3.8) is 0 Å². The third-order valence-corrected chi connectivity index (χ3v) is 5.04. The van der Waals surface area contributed by atoms with Gasteiger partial charge in [-0.25, -0.2) is 9.10 Å². The second-order valence-corrected chi connectivity index (χ2v) is 6.95. The van der Waals surface area contributed by atoms with E-state index in [9.17, 15) is 18.0 Å². The van der Waals surface area contributed by atoms with Gasteiger partial charge >= 0.3 is 16.2 Å². The summed E-state index contributed by atoms with van der Waals surface area (Å²) >= 11 is 0. The van der Waals surface area contributed by atoms with Crippen molar-refractivity contribution in [2.45, 2.75) is 33.1 Å². The molecule has 2 aliphatic rings. The normalized spacial score (nSPS) is 20.6. The van der Waals surface area contributed by atoms with Crippen LogP contribution < -0.4 is 0 Å². The van der Waals surface area contributed by atoms with Crippen molar-refractivity contribution in [1.82, 2.24) is 9.21 Å². The van der Waals surface area contributed by atoms with E-state index in [0.717, 1.165) is 29.8 Å². The molecular formula is C14H21N3O5S. The number of amides is 1. The zero-order valence-corrected chi connectivity index (χ0v) is 14.1. The van der Waals surface area contributed by atoms with Gasteiger partial charge in [0.05, 0.1) is 17.9 Å². The molecule has 0 aromatic carbocycles. The van der Waals surface area contributed by atoms with E-state index in [0.29, 0.717) is 13.1 Å². The van der Waals surface area contributed by atoms with Crippen LogP contribution in [0.15, 0.2) is 16.2 Å². The van der Waals surface area contributed by atoms with Crippen LogP contribution in [0, 0.1) is 0 Å². The Morgan fingerprint density at radius 1 is 1.26 bits per heavy atom. The highest BCUT2D eigenvalue weighted by atomic mass is 32.2. The predicted octanol–water partition coefficient (Wildman–Crippen LogP) is 0.467. The first-order valence-corrected chi connectivity index (χ1v) is 9.00. The Morgan fingerprint density at radius 3 is 2.52 bits per heavy atom. The molecule has 0 N–H and O–H groups in total. The molecule has 0 radical (unpaired) electrons. The van der Waals surface area contributed by atoms with Crippen molar-refractivity contribution in [3.05, 3.63) is 11.8 Å². The van der Waals surface area contributed by atoms with Crippen LogP contribution in [0.5, 0.6) is 0 Å². The first kappa shape index (κ1) is 17.5. The van der Waals surface area contributed by atoms with E-state index in [2.05, 4.69) is 4.40 Å². The molecule has 0 aromatic rings. The predicted molar refractivity (Wildman–Crippen MR) is 83.9 cm³/mol. The molecule has 23 heavy (non-hydrogen) atoms. The Balaban J connectivity index is 2.18. The quantitative estimate of drug-likeness (QED) is 0.691. The van der Waals surface area contributed by atoms with E-state index in [-0.39, 0.29) is 30.3 Å². The fourth-order valence-electron chi connectivity index (χ4n) is 2.49. The number of likely N-dealkylation sites (tertiary alicyclic amines) is 1. The first-order chi connectivity index (χ1) is 10.8. The molecule has 9 heteroatoms. The lowest BCUT2D eigenvalue weighted by Gasteiger charge is -2.29. The Morgan fingerprint density at radius 2 is 1.91 bits per heavy atom. The van der Waals surface area contributed by atoms with Gasteiger partial charge in [0, 0.05) is 19.3 Å². The Hall–Kier alpha value is -1.90. The van der Waals surface area contributed by atoms with Crippen LogP contribution in [0.2, 0.25) is 0 Å². The number of rotatable bonds is 4. The van der Waals surface area contributed by atoms with Gasteiger partial charge in [-0.2, -0.15) is 8.42 Å². The fraction of sp³-hybridized carbons (Fsp3) is 0.643. The van der Waals surface area contributed by atoms with Gasteiger partial charge in [0.25, 0.3) is 0 Å². The van der Waals surface area contributed by atoms with Crippen molar-refractivity contribution in [2.24, 2.45) is 4.40 Å². The van der Waals surface area contributed by atoms with Crippen molar-refractivity contribution in [2.75, 3.05) is 26.2 Å². The van der Waals surface area contributed by atoms with E-state index in [1.807, 2.05) is 0 Å². The highest BCUT2D eigenvalue weighted by Gasteiger charge is 2.31. The maximum atomic E-state index is 12.3. The van der Waals surface area contributed by atoms with E-state index in [4.69, 9.17) is 4.74 Å². The molecule has 0 unspecified atom stereocenters. The zero-order valence-electron chi connectivity index (χ0n) is 13.3. The van der Waals surface area contributed by atoms with Crippen LogP contribution in [0.4, 0.5) is 0 Å². The summed E-state index contributed by atoms with van der Waals surface area (Å²) in [4.78, 5) is 25.8. The summed E-state index contributed by atoms with van der Waals surface area (Å²) in [5.41, 5.74) is 0.109. The molecule has 2 aliphatic heterocycles. The monoisotopic (exact) mass is 343 g/mol. The summed E-state index contributed by atoms with van der Waals surface area (Å²) in [5, 5.41) is 0. The van der Waals surface area contributed by atoms with Gasteiger partial charge in [-0.15, -0.1) is 4.40 Å². The standard InChI is InChI=1S/C14H21N3O5S/c1-3-22-14(19)12-9-17(23(20,21)15-11(12)2)10-13(18)16-7-5-4-6-8-16/h9H,3-8,10H2,1-2H3. The maximum Gasteiger partial charge on any atom is 0.344 e. The number of carbonyl (C=O) groups is 2. The molecule has 1 amide bonds. The lowest BCUT2D eigenvalue weighted by molar-refractivity contribution is -0.138. The minimum atomic E-state index is -4.00. The van der Waals surface area contributed by atoms with Gasteiger partial charge in [-0.3, -0.25) is 4.79 Å². The Bertz CT molecular complexity index is 647. The lowest BCUT2D eigenvalue weighted by Crippen LogP contribution is -2.44. The van der Waals surface area contributed by atoms with Crippen LogP contribution in [-0.2, 0) is 24.5 Å². The first-order valence-electron chi connectivity index (χ1n) is 7.60. The number of carbonyl (C=O) groups excluding carboxylic acids is 2. The average molecular weight is 343 g/mol. The van der Waals surface area contributed by atoms with Crippen molar-refractivity contribution < 1.29 is 22.7 Å². The summed E-state index contributed by atoms with van der Waals surface area (Å²) in [5.74, 6) is -0.943. The number of esters is 1. The maximum absolute atomic E-state index is 12.3. The van der Waals surface area contributed by atoms with Crippen molar-refractivity contribution in [1.29, 1.82) is 0 Å². The van der Waals surface area contributed by atoms with Gasteiger partial charge in [-0.05, 0) is 33.1 Å². The van der Waals surface area contributed by atoms with Crippen LogP contribution in [0.1, 0.15) is 33.1 Å². The van der Waals surface area contributed by atoms with E-state index >= 15 is 0 Å². The fourth-order valence-corrected chi connectivity index (χ4v) is 3.55. The van der Waals surface area contributed by atoms with E-state index < -0.39 is 16.2 Å². The Kier molecular flexibility index (Phi) is 5.40. The van der Waals surface area contributed by atoms with Gasteiger partial charge in [-0.1, -0.05) is 0 Å². The second-order valence-electron chi connectivity index (χ2n) is 5.40. The second kappa shape index (κ2) is 7.12. The third-order valence-electron chi connectivity index (χ3n) is 3.71. The summed E-state index contributed by atoms with van der Waals surface area (Å²) < 4.78 is 33.5. The molecule has 2 heterocycles. The smallest absolute Gasteiger partial charge is 0.344 e. The largest absolute Gasteiger partial charge is 0.462 e. The molecule has 128 valence electrons. The van der Waals surface area contributed by atoms with Crippen molar-refractivity contribution in [3.8, 4) is 0 Å². The molecule has 8 nitrogen and oxygen atoms in total. The highest BCUT2D eigenvalue weighted by Crippen LogP contribution is 2.18. The number of hydrogen-bond acceptors (Lipinski definition) is 5. The van der Waals surface area contributed by atoms with E-state index in [1.165, 1.54) is 6.92 Å². The summed E-state index contributed by atoms with van der Waals surface area (Å²) in [6, 6.07) is 0. The highest BCUT2D eigenvalue weighted by molar-refractivity contribution is 7.88. The van der Waals surface area contributed by atoms with Gasteiger partial charge < -0.3 is 9.64 Å². The van der Waals surface area contributed by atoms with Crippen LogP contribution in [-0.4, -0.2) is 61.5 Å². The van der Waals surface area contributed by atoms with Crippen LogP contribution in [0.3, 0.4) is 0 Å². The van der Waals surface area contributed by atoms with E-state index in [1.54, 1.807) is 11.8 Å². The average Bonchev–Trinajstić information content (AvgIpc) is 2.50.